The Bertz CT molecular complexity index is 1460. The van der Waals surface area contributed by atoms with Crippen LogP contribution in [0, 0.1) is 0 Å². The van der Waals surface area contributed by atoms with Gasteiger partial charge in [-0.2, -0.15) is 10.8 Å². The van der Waals surface area contributed by atoms with Gasteiger partial charge in [-0.25, -0.2) is 4.98 Å². The number of hydrogen-bond donors (Lipinski definition) is 2. The summed E-state index contributed by atoms with van der Waals surface area (Å²) < 4.78 is -0.0195. The van der Waals surface area contributed by atoms with Gasteiger partial charge in [-0.1, -0.05) is 24.3 Å². The Morgan fingerprint density at radius 1 is 1.06 bits per heavy atom. The molecule has 1 atom stereocenters. The van der Waals surface area contributed by atoms with Crippen molar-refractivity contribution < 1.29 is 4.59 Å². The first-order chi connectivity index (χ1) is 15.7. The van der Waals surface area contributed by atoms with Crippen LogP contribution in [0.25, 0.3) is 22.3 Å². The summed E-state index contributed by atoms with van der Waals surface area (Å²) in [6.07, 6.45) is 13.2. The Morgan fingerprint density at radius 2 is 1.97 bits per heavy atom. The molecular weight excluding hydrogens is 398 g/mol. The van der Waals surface area contributed by atoms with E-state index in [1.165, 1.54) is 0 Å². The summed E-state index contributed by atoms with van der Waals surface area (Å²) in [6.45, 7) is 0. The van der Waals surface area contributed by atoms with Gasteiger partial charge in [-0.05, 0) is 36.4 Å². The zero-order valence-corrected chi connectivity index (χ0v) is 17.4. The minimum Gasteiger partial charge on any atom is -0.388 e. The van der Waals surface area contributed by atoms with Gasteiger partial charge in [-0.15, -0.1) is 4.59 Å². The molecule has 32 heavy (non-hydrogen) atoms. The van der Waals surface area contributed by atoms with E-state index in [1.54, 1.807) is 18.6 Å². The zero-order valence-electron chi connectivity index (χ0n) is 17.4. The largest absolute Gasteiger partial charge is 0.388 e. The number of fused-ring (bicyclic) bond motifs is 2. The smallest absolute Gasteiger partial charge is 0.265 e. The van der Waals surface area contributed by atoms with E-state index in [4.69, 9.17) is 15.8 Å². The van der Waals surface area contributed by atoms with E-state index in [0.717, 1.165) is 56.3 Å². The van der Waals surface area contributed by atoms with Crippen LogP contribution in [-0.2, 0) is 0 Å². The fourth-order valence-electron chi connectivity index (χ4n) is 4.16. The summed E-state index contributed by atoms with van der Waals surface area (Å²) in [5.74, 6) is 7.58. The number of benzene rings is 1. The third kappa shape index (κ3) is 2.69. The molecule has 6 rings (SSSR count). The lowest BCUT2D eigenvalue weighted by Gasteiger charge is -2.26. The SMILES string of the molecule is CNc1cc(-c2ccccn2)nc2cc(C3=NC(C4=CC=C4)=C4C=NC=C[N+]34N)ccc12. The summed E-state index contributed by atoms with van der Waals surface area (Å²) in [7, 11) is 1.91. The van der Waals surface area contributed by atoms with Crippen LogP contribution < -0.4 is 11.2 Å². The number of aromatic nitrogens is 2. The highest BCUT2D eigenvalue weighted by atomic mass is 15.6. The first-order valence-electron chi connectivity index (χ1n) is 10.3. The number of quaternary nitrogens is 1. The molecule has 3 aliphatic rings. The predicted molar refractivity (Wildman–Crippen MR) is 127 cm³/mol. The molecule has 0 saturated carbocycles. The maximum Gasteiger partial charge on any atom is 0.265 e. The summed E-state index contributed by atoms with van der Waals surface area (Å²) in [5, 5.41) is 4.30. The molecule has 0 saturated heterocycles. The van der Waals surface area contributed by atoms with Gasteiger partial charge in [0.05, 0.1) is 34.9 Å². The molecule has 2 aliphatic heterocycles. The van der Waals surface area contributed by atoms with Crippen molar-refractivity contribution >= 4 is 28.6 Å². The van der Waals surface area contributed by atoms with Gasteiger partial charge in [0, 0.05) is 29.9 Å². The number of allylic oxidation sites excluding steroid dienone is 4. The van der Waals surface area contributed by atoms with Crippen molar-refractivity contribution in [3.8, 4) is 11.4 Å². The molecule has 0 bridgehead atoms. The number of nitrogens with one attached hydrogen (secondary N) is 1. The van der Waals surface area contributed by atoms with Crippen molar-refractivity contribution in [1.82, 2.24) is 9.97 Å². The van der Waals surface area contributed by atoms with Crippen LogP contribution in [0.15, 0.2) is 106 Å². The number of anilines is 1. The summed E-state index contributed by atoms with van der Waals surface area (Å²) in [4.78, 5) is 18.6. The number of aliphatic imine (C=N–C) groups is 2. The molecular formula is C25H20N7+. The predicted octanol–water partition coefficient (Wildman–Crippen LogP) is 4.05. The van der Waals surface area contributed by atoms with Crippen molar-refractivity contribution in [2.75, 3.05) is 12.4 Å². The molecule has 0 radical (unpaired) electrons. The molecule has 2 aromatic heterocycles. The van der Waals surface area contributed by atoms with Crippen LogP contribution in [0.5, 0.6) is 0 Å². The average molecular weight is 418 g/mol. The Kier molecular flexibility index (Phi) is 4.01. The molecule has 7 heteroatoms. The minimum absolute atomic E-state index is 0.0195. The van der Waals surface area contributed by atoms with E-state index in [-0.39, 0.29) is 4.59 Å². The average Bonchev–Trinajstić information content (AvgIpc) is 3.10. The molecule has 154 valence electrons. The maximum absolute atomic E-state index is 6.85. The lowest BCUT2D eigenvalue weighted by Crippen LogP contribution is -2.53. The quantitative estimate of drug-likeness (QED) is 0.494. The number of rotatable bonds is 4. The first kappa shape index (κ1) is 18.6. The highest BCUT2D eigenvalue weighted by Crippen LogP contribution is 2.37. The van der Waals surface area contributed by atoms with Gasteiger partial charge in [-0.3, -0.25) is 9.98 Å². The van der Waals surface area contributed by atoms with Crippen molar-refractivity contribution in [3.05, 3.63) is 102 Å². The molecule has 7 nitrogen and oxygen atoms in total. The molecule has 4 heterocycles. The van der Waals surface area contributed by atoms with Crippen LogP contribution in [0.2, 0.25) is 0 Å². The third-order valence-corrected chi connectivity index (χ3v) is 5.88. The van der Waals surface area contributed by atoms with Crippen molar-refractivity contribution in [2.45, 2.75) is 0 Å². The van der Waals surface area contributed by atoms with Gasteiger partial charge in [0.25, 0.3) is 5.84 Å². The second-order valence-corrected chi connectivity index (χ2v) is 7.76. The topological polar surface area (TPSA) is 88.5 Å². The Hall–Kier alpha value is -4.20. The van der Waals surface area contributed by atoms with Crippen LogP contribution in [-0.4, -0.2) is 33.7 Å². The van der Waals surface area contributed by atoms with Gasteiger partial charge in [0.15, 0.2) is 0 Å². The van der Waals surface area contributed by atoms with Gasteiger partial charge >= 0.3 is 0 Å². The van der Waals surface area contributed by atoms with E-state index >= 15 is 0 Å². The molecule has 3 aromatic rings. The first-order valence-corrected chi connectivity index (χ1v) is 10.3. The van der Waals surface area contributed by atoms with Crippen LogP contribution in [0.4, 0.5) is 5.69 Å². The Balaban J connectivity index is 1.51. The number of hydrogen-bond acceptors (Lipinski definition) is 6. The van der Waals surface area contributed by atoms with E-state index in [2.05, 4.69) is 21.4 Å². The summed E-state index contributed by atoms with van der Waals surface area (Å²) in [5.41, 5.74) is 7.12. The fourth-order valence-corrected chi connectivity index (χ4v) is 4.16. The Morgan fingerprint density at radius 3 is 2.72 bits per heavy atom. The van der Waals surface area contributed by atoms with E-state index in [1.807, 2.05) is 67.9 Å². The number of nitrogens with two attached hydrogens (primary N) is 1. The van der Waals surface area contributed by atoms with Crippen LogP contribution >= 0.6 is 0 Å². The normalized spacial score (nSPS) is 20.8. The van der Waals surface area contributed by atoms with Gasteiger partial charge < -0.3 is 5.32 Å². The maximum atomic E-state index is 6.85. The lowest BCUT2D eigenvalue weighted by atomic mass is 10.0. The zero-order chi connectivity index (χ0) is 21.7. The number of nitrogens with zero attached hydrogens (tertiary/aromatic N) is 5. The molecule has 3 N–H and O–H groups in total. The molecule has 0 amide bonds. The van der Waals surface area contributed by atoms with E-state index in [0.29, 0.717) is 0 Å². The van der Waals surface area contributed by atoms with Crippen molar-refractivity contribution in [3.63, 3.8) is 0 Å². The molecule has 0 spiro atoms. The summed E-state index contributed by atoms with van der Waals surface area (Å²) >= 11 is 0. The second kappa shape index (κ2) is 6.91. The molecule has 1 unspecified atom stereocenters. The second-order valence-electron chi connectivity index (χ2n) is 7.76. The fraction of sp³-hybridized carbons (Fsp3) is 0.0400. The van der Waals surface area contributed by atoms with E-state index in [9.17, 15) is 0 Å². The summed E-state index contributed by atoms with van der Waals surface area (Å²) in [6, 6.07) is 14.0. The third-order valence-electron chi connectivity index (χ3n) is 5.88. The van der Waals surface area contributed by atoms with Crippen molar-refractivity contribution in [2.24, 2.45) is 15.8 Å². The van der Waals surface area contributed by atoms with E-state index < -0.39 is 0 Å². The number of pyridine rings is 2. The monoisotopic (exact) mass is 418 g/mol. The van der Waals surface area contributed by atoms with Crippen molar-refractivity contribution in [1.29, 1.82) is 0 Å². The lowest BCUT2D eigenvalue weighted by molar-refractivity contribution is -0.750. The Labute approximate surface area is 184 Å². The van der Waals surface area contributed by atoms with Gasteiger partial charge in [0.2, 0.25) is 5.70 Å². The minimum atomic E-state index is -0.0195. The van der Waals surface area contributed by atoms with Gasteiger partial charge in [0.1, 0.15) is 11.9 Å². The molecule has 0 fully saturated rings. The molecule has 1 aliphatic carbocycles. The standard InChI is InChI=1S/C25H20N7/c1-27-20-14-22(19-7-2-3-10-29-19)30-21-13-17(8-9-18(20)21)25-31-24(16-5-4-6-16)23-15-28-11-12-32(23,25)26/h2-15H,26H2,1H3,(H,27,30)/q+1. The molecule has 1 aromatic carbocycles. The number of amidine groups is 1. The highest BCUT2D eigenvalue weighted by Gasteiger charge is 2.44. The van der Waals surface area contributed by atoms with Crippen LogP contribution in [0.3, 0.4) is 0 Å². The van der Waals surface area contributed by atoms with Crippen LogP contribution in [0.1, 0.15) is 5.56 Å². The highest BCUT2D eigenvalue weighted by molar-refractivity contribution is 6.04.